The molecule has 0 atom stereocenters. The Labute approximate surface area is 89.7 Å². The minimum absolute atomic E-state index is 0.0945. The number of nitrogens with zero attached hydrogens (tertiary/aromatic N) is 1. The van der Waals surface area contributed by atoms with Crippen LogP contribution in [0.2, 0.25) is 0 Å². The molecule has 5 heteroatoms. The first-order valence-corrected chi connectivity index (χ1v) is 5.32. The average Bonchev–Trinajstić information content (AvgIpc) is 2.71. The average molecular weight is 210 g/mol. The highest BCUT2D eigenvalue weighted by Gasteiger charge is 1.98. The van der Waals surface area contributed by atoms with Crippen LogP contribution in [0.5, 0.6) is 0 Å². The molecule has 0 saturated carbocycles. The van der Waals surface area contributed by atoms with Crippen molar-refractivity contribution in [1.82, 2.24) is 20.6 Å². The number of hydrogen-bond acceptors (Lipinski definition) is 2. The molecule has 1 aromatic heterocycles. The van der Waals surface area contributed by atoms with Gasteiger partial charge in [-0.05, 0) is 6.42 Å². The summed E-state index contributed by atoms with van der Waals surface area (Å²) in [6, 6.07) is -0.0945. The van der Waals surface area contributed by atoms with Crippen molar-refractivity contribution in [2.24, 2.45) is 0 Å². The van der Waals surface area contributed by atoms with E-state index in [1.165, 1.54) is 0 Å². The zero-order chi connectivity index (χ0) is 10.9. The maximum Gasteiger partial charge on any atom is 0.314 e. The minimum Gasteiger partial charge on any atom is -0.348 e. The van der Waals surface area contributed by atoms with Crippen LogP contribution < -0.4 is 10.6 Å². The van der Waals surface area contributed by atoms with E-state index in [2.05, 4.69) is 27.5 Å². The Morgan fingerprint density at radius 2 is 2.27 bits per heavy atom. The van der Waals surface area contributed by atoms with Gasteiger partial charge in [-0.25, -0.2) is 9.78 Å². The van der Waals surface area contributed by atoms with Crippen LogP contribution in [0.3, 0.4) is 0 Å². The first kappa shape index (κ1) is 11.6. The summed E-state index contributed by atoms with van der Waals surface area (Å²) in [7, 11) is 0. The second-order valence-electron chi connectivity index (χ2n) is 3.36. The molecule has 0 fully saturated rings. The minimum atomic E-state index is -0.0945. The molecule has 5 nitrogen and oxygen atoms in total. The van der Waals surface area contributed by atoms with Gasteiger partial charge in [-0.3, -0.25) is 0 Å². The van der Waals surface area contributed by atoms with Gasteiger partial charge in [0.1, 0.15) is 0 Å². The zero-order valence-electron chi connectivity index (χ0n) is 9.05. The first-order valence-electron chi connectivity index (χ1n) is 5.32. The van der Waals surface area contributed by atoms with Gasteiger partial charge in [0, 0.05) is 31.4 Å². The second-order valence-corrected chi connectivity index (χ2v) is 3.36. The number of hydrogen-bond donors (Lipinski definition) is 3. The van der Waals surface area contributed by atoms with Crippen LogP contribution in [0.1, 0.15) is 25.5 Å². The third-order valence-electron chi connectivity index (χ3n) is 2.05. The van der Waals surface area contributed by atoms with Crippen molar-refractivity contribution in [3.8, 4) is 0 Å². The van der Waals surface area contributed by atoms with Gasteiger partial charge >= 0.3 is 6.03 Å². The predicted octanol–water partition coefficient (Wildman–Crippen LogP) is 1.05. The molecule has 84 valence electrons. The summed E-state index contributed by atoms with van der Waals surface area (Å²) in [5.41, 5.74) is 1.03. The highest BCUT2D eigenvalue weighted by Crippen LogP contribution is 1.90. The van der Waals surface area contributed by atoms with Gasteiger partial charge in [0.15, 0.2) is 0 Å². The molecular formula is C10H18N4O. The van der Waals surface area contributed by atoms with Crippen molar-refractivity contribution in [2.75, 3.05) is 13.1 Å². The molecule has 1 heterocycles. The van der Waals surface area contributed by atoms with E-state index in [-0.39, 0.29) is 6.03 Å². The highest BCUT2D eigenvalue weighted by molar-refractivity contribution is 5.73. The maximum absolute atomic E-state index is 11.2. The molecule has 0 aliphatic rings. The van der Waals surface area contributed by atoms with Crippen LogP contribution in [0.25, 0.3) is 0 Å². The third-order valence-corrected chi connectivity index (χ3v) is 2.05. The summed E-state index contributed by atoms with van der Waals surface area (Å²) >= 11 is 0. The maximum atomic E-state index is 11.2. The molecule has 0 saturated heterocycles. The first-order chi connectivity index (χ1) is 7.33. The summed E-state index contributed by atoms with van der Waals surface area (Å²) in [6.07, 6.45) is 6.29. The summed E-state index contributed by atoms with van der Waals surface area (Å²) in [6.45, 7) is 3.46. The standard InChI is InChI=1S/C10H18N4O/c1-2-3-5-12-10(15)13-6-4-9-7-11-8-14-9/h7-8H,2-6H2,1H3,(H,11,14)(H2,12,13,15). The smallest absolute Gasteiger partial charge is 0.314 e. The summed E-state index contributed by atoms with van der Waals surface area (Å²) < 4.78 is 0. The number of imidazole rings is 1. The van der Waals surface area contributed by atoms with E-state index in [4.69, 9.17) is 0 Å². The van der Waals surface area contributed by atoms with Crippen molar-refractivity contribution in [3.63, 3.8) is 0 Å². The van der Waals surface area contributed by atoms with Crippen LogP contribution in [0.15, 0.2) is 12.5 Å². The number of amides is 2. The normalized spacial score (nSPS) is 9.93. The van der Waals surface area contributed by atoms with E-state index in [0.29, 0.717) is 6.54 Å². The van der Waals surface area contributed by atoms with Crippen molar-refractivity contribution >= 4 is 6.03 Å². The molecule has 3 N–H and O–H groups in total. The number of H-pyrrole nitrogens is 1. The lowest BCUT2D eigenvalue weighted by molar-refractivity contribution is 0.241. The fraction of sp³-hybridized carbons (Fsp3) is 0.600. The quantitative estimate of drug-likeness (QED) is 0.614. The Morgan fingerprint density at radius 1 is 1.47 bits per heavy atom. The van der Waals surface area contributed by atoms with Gasteiger partial charge in [0.05, 0.1) is 6.33 Å². The SMILES string of the molecule is CCCCNC(=O)NCCc1cnc[nH]1. The van der Waals surface area contributed by atoms with Crippen molar-refractivity contribution in [3.05, 3.63) is 18.2 Å². The van der Waals surface area contributed by atoms with Gasteiger partial charge in [0.2, 0.25) is 0 Å². The van der Waals surface area contributed by atoms with Crippen molar-refractivity contribution in [2.45, 2.75) is 26.2 Å². The second kappa shape index (κ2) is 6.86. The molecular weight excluding hydrogens is 192 g/mol. The number of aromatic nitrogens is 2. The molecule has 0 radical (unpaired) electrons. The molecule has 2 amide bonds. The zero-order valence-corrected chi connectivity index (χ0v) is 9.05. The van der Waals surface area contributed by atoms with E-state index >= 15 is 0 Å². The molecule has 1 aromatic rings. The topological polar surface area (TPSA) is 69.8 Å². The highest BCUT2D eigenvalue weighted by atomic mass is 16.2. The van der Waals surface area contributed by atoms with E-state index < -0.39 is 0 Å². The lowest BCUT2D eigenvalue weighted by Crippen LogP contribution is -2.37. The monoisotopic (exact) mass is 210 g/mol. The fourth-order valence-corrected chi connectivity index (χ4v) is 1.17. The van der Waals surface area contributed by atoms with Gasteiger partial charge in [-0.2, -0.15) is 0 Å². The molecule has 15 heavy (non-hydrogen) atoms. The van der Waals surface area contributed by atoms with Crippen molar-refractivity contribution in [1.29, 1.82) is 0 Å². The lowest BCUT2D eigenvalue weighted by Gasteiger charge is -2.05. The van der Waals surface area contributed by atoms with E-state index in [0.717, 1.165) is 31.5 Å². The van der Waals surface area contributed by atoms with Gasteiger partial charge < -0.3 is 15.6 Å². The van der Waals surface area contributed by atoms with Crippen LogP contribution in [-0.4, -0.2) is 29.1 Å². The molecule has 0 aliphatic carbocycles. The molecule has 0 unspecified atom stereocenters. The largest absolute Gasteiger partial charge is 0.348 e. The molecule has 0 spiro atoms. The number of rotatable bonds is 6. The summed E-state index contributed by atoms with van der Waals surface area (Å²) in [4.78, 5) is 18.1. The number of aromatic amines is 1. The Kier molecular flexibility index (Phi) is 5.29. The molecule has 0 aromatic carbocycles. The van der Waals surface area contributed by atoms with Crippen LogP contribution in [0, 0.1) is 0 Å². The van der Waals surface area contributed by atoms with Gasteiger partial charge in [-0.1, -0.05) is 13.3 Å². The number of carbonyl (C=O) groups excluding carboxylic acids is 1. The lowest BCUT2D eigenvalue weighted by atomic mass is 10.3. The van der Waals surface area contributed by atoms with Crippen LogP contribution >= 0.6 is 0 Å². The summed E-state index contributed by atoms with van der Waals surface area (Å²) in [5.74, 6) is 0. The van der Waals surface area contributed by atoms with Gasteiger partial charge in [-0.15, -0.1) is 0 Å². The van der Waals surface area contributed by atoms with E-state index in [1.54, 1.807) is 12.5 Å². The fourth-order valence-electron chi connectivity index (χ4n) is 1.17. The number of unbranched alkanes of at least 4 members (excludes halogenated alkanes) is 1. The predicted molar refractivity (Wildman–Crippen MR) is 58.6 cm³/mol. The van der Waals surface area contributed by atoms with Crippen molar-refractivity contribution < 1.29 is 4.79 Å². The molecule has 0 bridgehead atoms. The van der Waals surface area contributed by atoms with Crippen LogP contribution in [0.4, 0.5) is 4.79 Å². The van der Waals surface area contributed by atoms with Crippen LogP contribution in [-0.2, 0) is 6.42 Å². The van der Waals surface area contributed by atoms with E-state index in [9.17, 15) is 4.79 Å². The number of carbonyl (C=O) groups is 1. The Bertz CT molecular complexity index is 271. The number of urea groups is 1. The number of nitrogens with one attached hydrogen (secondary N) is 3. The Balaban J connectivity index is 2.02. The summed E-state index contributed by atoms with van der Waals surface area (Å²) in [5, 5.41) is 5.57. The van der Waals surface area contributed by atoms with E-state index in [1.807, 2.05) is 0 Å². The Hall–Kier alpha value is -1.52. The molecule has 1 rings (SSSR count). The Morgan fingerprint density at radius 3 is 2.93 bits per heavy atom. The van der Waals surface area contributed by atoms with Gasteiger partial charge in [0.25, 0.3) is 0 Å². The third kappa shape index (κ3) is 5.05. The molecule has 0 aliphatic heterocycles.